The van der Waals surface area contributed by atoms with Crippen LogP contribution < -0.4 is 0 Å². The molecule has 0 aliphatic heterocycles. The van der Waals surface area contributed by atoms with E-state index in [-0.39, 0.29) is 51.3 Å². The second-order valence-electron chi connectivity index (χ2n) is 0.473. The van der Waals surface area contributed by atoms with Crippen LogP contribution in [0.25, 0.3) is 0 Å². The third-order valence-electron chi connectivity index (χ3n) is 0. The molecule has 7 heteroatoms. The standard InChI is InChI=1S/FH2O3P.Na.Ti.H/c1-5(2,3)4;;;/h(H2,2,3,4);;;. The van der Waals surface area contributed by atoms with Crippen molar-refractivity contribution in [2.45, 2.75) is 0 Å². The maximum absolute atomic E-state index is 10.4. The van der Waals surface area contributed by atoms with Crippen LogP contribution in [0, 0.1) is 0 Å². The molecule has 0 aromatic rings. The summed E-state index contributed by atoms with van der Waals surface area (Å²) in [5, 5.41) is 0. The van der Waals surface area contributed by atoms with Crippen LogP contribution in [0.4, 0.5) is 4.20 Å². The smallest absolute Gasteiger partial charge is 0 e. The van der Waals surface area contributed by atoms with Crippen molar-refractivity contribution in [3.63, 3.8) is 0 Å². The molecule has 38 valence electrons. The molecule has 0 saturated carbocycles. The van der Waals surface area contributed by atoms with Gasteiger partial charge in [-0.15, -0.1) is 4.20 Å². The molecule has 0 aliphatic carbocycles. The molecule has 0 aliphatic rings. The van der Waals surface area contributed by atoms with Crippen LogP contribution in [0.2, 0.25) is 0 Å². The van der Waals surface area contributed by atoms with Gasteiger partial charge in [-0.05, 0) is 0 Å². The summed E-state index contributed by atoms with van der Waals surface area (Å²) in [5.74, 6) is 0. The van der Waals surface area contributed by atoms with Crippen molar-refractivity contribution in [1.82, 2.24) is 0 Å². The van der Waals surface area contributed by atoms with E-state index in [2.05, 4.69) is 0 Å². The van der Waals surface area contributed by atoms with Gasteiger partial charge in [0.2, 0.25) is 0 Å². The monoisotopic (exact) mass is 172 g/mol. The third-order valence-corrected chi connectivity index (χ3v) is 0. The van der Waals surface area contributed by atoms with E-state index in [1.807, 2.05) is 0 Å². The van der Waals surface area contributed by atoms with E-state index in [1.165, 1.54) is 0 Å². The van der Waals surface area contributed by atoms with E-state index >= 15 is 0 Å². The van der Waals surface area contributed by atoms with E-state index < -0.39 is 7.91 Å². The fourth-order valence-electron chi connectivity index (χ4n) is 0. The second kappa shape index (κ2) is 5.92. The van der Waals surface area contributed by atoms with Gasteiger partial charge in [-0.2, -0.15) is 0 Å². The topological polar surface area (TPSA) is 57.5 Å². The van der Waals surface area contributed by atoms with Crippen molar-refractivity contribution in [2.75, 3.05) is 0 Å². The van der Waals surface area contributed by atoms with E-state index in [4.69, 9.17) is 14.4 Å². The van der Waals surface area contributed by atoms with Crippen LogP contribution in [0.15, 0.2) is 0 Å². The summed E-state index contributed by atoms with van der Waals surface area (Å²) in [4.78, 5) is 13.9. The van der Waals surface area contributed by atoms with Crippen LogP contribution in [0.5, 0.6) is 0 Å². The van der Waals surface area contributed by atoms with Gasteiger partial charge in [0, 0.05) is 21.7 Å². The minimum atomic E-state index is -5.14. The summed E-state index contributed by atoms with van der Waals surface area (Å²) in [6, 6.07) is 0. The summed E-state index contributed by atoms with van der Waals surface area (Å²) >= 11 is 0. The molecule has 0 unspecified atom stereocenters. The molecule has 2 N–H and O–H groups in total. The zero-order valence-electron chi connectivity index (χ0n) is 2.63. The molecular formula is H3FNaO3PTi. The van der Waals surface area contributed by atoms with Crippen molar-refractivity contribution in [3.8, 4) is 0 Å². The fraction of sp³-hybridized carbons (Fsp3) is 0. The second-order valence-corrected chi connectivity index (χ2v) is 1.42. The molecule has 0 radical (unpaired) electrons. The molecule has 0 spiro atoms. The van der Waals surface area contributed by atoms with Crippen molar-refractivity contribution in [3.05, 3.63) is 0 Å². The summed E-state index contributed by atoms with van der Waals surface area (Å²) in [6.07, 6.45) is 0. The van der Waals surface area contributed by atoms with E-state index in [0.717, 1.165) is 0 Å². The van der Waals surface area contributed by atoms with Gasteiger partial charge in [0.25, 0.3) is 0 Å². The molecular weight excluding hydrogens is 169 g/mol. The van der Waals surface area contributed by atoms with Gasteiger partial charge >= 0.3 is 37.5 Å². The Labute approximate surface area is 77.1 Å². The maximum Gasteiger partial charge on any atom is 0 e. The number of rotatable bonds is 0. The molecule has 0 rings (SSSR count). The van der Waals surface area contributed by atoms with Crippen LogP contribution in [0.1, 0.15) is 0 Å². The Kier molecular flexibility index (Phi) is 13.5. The summed E-state index contributed by atoms with van der Waals surface area (Å²) in [6.45, 7) is 0. The molecule has 3 nitrogen and oxygen atoms in total. The Morgan fingerprint density at radius 2 is 1.43 bits per heavy atom. The van der Waals surface area contributed by atoms with E-state index in [1.54, 1.807) is 0 Å². The predicted molar refractivity (Wildman–Crippen MR) is 20.3 cm³/mol. The summed E-state index contributed by atoms with van der Waals surface area (Å²) in [7, 11) is -5.14. The molecule has 0 heterocycles. The molecule has 0 amide bonds. The minimum Gasteiger partial charge on any atom is 0 e. The molecule has 0 aromatic carbocycles. The summed E-state index contributed by atoms with van der Waals surface area (Å²) in [5.41, 5.74) is 0. The number of hydrogen-bond acceptors (Lipinski definition) is 1. The van der Waals surface area contributed by atoms with E-state index in [9.17, 15) is 4.20 Å². The molecule has 0 fully saturated rings. The molecule has 0 saturated heterocycles. The van der Waals surface area contributed by atoms with Crippen LogP contribution >= 0.6 is 7.91 Å². The van der Waals surface area contributed by atoms with Crippen molar-refractivity contribution in [1.29, 1.82) is 0 Å². The first kappa shape index (κ1) is 15.9. The van der Waals surface area contributed by atoms with Crippen molar-refractivity contribution in [2.24, 2.45) is 0 Å². The Hall–Kier alpha value is 1.79. The van der Waals surface area contributed by atoms with Gasteiger partial charge in [-0.3, -0.25) is 9.79 Å². The average molecular weight is 172 g/mol. The summed E-state index contributed by atoms with van der Waals surface area (Å²) < 4.78 is 19.0. The molecule has 0 aromatic heterocycles. The Balaban J connectivity index is -0.0000000800. The first-order chi connectivity index (χ1) is 2.00. The maximum atomic E-state index is 10.4. The van der Waals surface area contributed by atoms with Gasteiger partial charge in [0.05, 0.1) is 0 Å². The first-order valence-corrected chi connectivity index (χ1v) is 2.25. The zero-order chi connectivity index (χ0) is 4.50. The quantitative estimate of drug-likeness (QED) is 0.378. The predicted octanol–water partition coefficient (Wildman–Crippen LogP) is -0.602. The van der Waals surface area contributed by atoms with Crippen molar-refractivity contribution < 1.29 is 40.3 Å². The Morgan fingerprint density at radius 1 is 1.43 bits per heavy atom. The van der Waals surface area contributed by atoms with Gasteiger partial charge in [-0.1, -0.05) is 0 Å². The Morgan fingerprint density at radius 3 is 1.43 bits per heavy atom. The molecule has 7 heavy (non-hydrogen) atoms. The van der Waals surface area contributed by atoms with E-state index in [0.29, 0.717) is 0 Å². The van der Waals surface area contributed by atoms with Gasteiger partial charge < -0.3 is 0 Å². The largest absolute Gasteiger partial charge is 0 e. The average Bonchev–Trinajstić information content (AvgIpc) is 0.722. The van der Waals surface area contributed by atoms with Gasteiger partial charge in [-0.25, -0.2) is 4.57 Å². The first-order valence-electron chi connectivity index (χ1n) is 0.752. The normalized spacial score (nSPS) is 8.43. The van der Waals surface area contributed by atoms with Crippen LogP contribution in [0.3, 0.4) is 0 Å². The number of hydrogen-bond donors (Lipinski definition) is 2. The third kappa shape index (κ3) is 81.3. The fourth-order valence-corrected chi connectivity index (χ4v) is 0. The van der Waals surface area contributed by atoms with Gasteiger partial charge in [0.15, 0.2) is 0 Å². The SMILES string of the molecule is O=P(O)(O)F.[NaH].[Ti]. The minimum absolute atomic E-state index is 0. The van der Waals surface area contributed by atoms with Gasteiger partial charge in [0.1, 0.15) is 0 Å². The Bertz CT molecular complexity index is 61.1. The zero-order valence-corrected chi connectivity index (χ0v) is 5.08. The van der Waals surface area contributed by atoms with Crippen LogP contribution in [-0.2, 0) is 26.3 Å². The number of halogens is 1. The molecule has 0 bridgehead atoms. The van der Waals surface area contributed by atoms with Crippen LogP contribution in [-0.4, -0.2) is 39.3 Å². The molecule has 0 atom stereocenters. The van der Waals surface area contributed by atoms with Crippen molar-refractivity contribution >= 4 is 37.5 Å².